The monoisotopic (exact) mass is 226 g/mol. The first-order valence-corrected chi connectivity index (χ1v) is 5.77. The maximum atomic E-state index is 4.38. The smallest absolute Gasteiger partial charge is 0.0759 e. The first-order chi connectivity index (χ1) is 8.31. The van der Waals surface area contributed by atoms with Crippen LogP contribution in [0.5, 0.6) is 0 Å². The van der Waals surface area contributed by atoms with Gasteiger partial charge in [0.1, 0.15) is 0 Å². The van der Waals surface area contributed by atoms with Gasteiger partial charge >= 0.3 is 0 Å². The molecule has 0 radical (unpaired) electrons. The zero-order chi connectivity index (χ0) is 11.8. The van der Waals surface area contributed by atoms with Crippen molar-refractivity contribution in [1.82, 2.24) is 19.4 Å². The van der Waals surface area contributed by atoms with Gasteiger partial charge in [0.05, 0.1) is 23.6 Å². The molecule has 3 rings (SSSR count). The topological polar surface area (TPSA) is 35.1 Å². The zero-order valence-corrected chi connectivity index (χ0v) is 9.96. The number of fused-ring (bicyclic) bond motifs is 1. The predicted octanol–water partition coefficient (Wildman–Crippen LogP) is 2.53. The largest absolute Gasteiger partial charge is 0.269 e. The molecule has 0 aliphatic heterocycles. The van der Waals surface area contributed by atoms with Gasteiger partial charge in [-0.3, -0.25) is 4.68 Å². The van der Waals surface area contributed by atoms with E-state index in [1.807, 2.05) is 27.7 Å². The zero-order valence-electron chi connectivity index (χ0n) is 9.96. The Kier molecular flexibility index (Phi) is 2.21. The number of hydrogen-bond acceptors (Lipinski definition) is 2. The Morgan fingerprint density at radius 1 is 1.18 bits per heavy atom. The second kappa shape index (κ2) is 3.73. The van der Waals surface area contributed by atoms with Crippen LogP contribution in [-0.4, -0.2) is 19.4 Å². The summed E-state index contributed by atoms with van der Waals surface area (Å²) in [7, 11) is 0. The van der Waals surface area contributed by atoms with Crippen LogP contribution in [0.3, 0.4) is 0 Å². The van der Waals surface area contributed by atoms with Crippen LogP contribution in [0.1, 0.15) is 12.6 Å². The molecule has 4 heteroatoms. The Labute approximate surface area is 99.5 Å². The lowest BCUT2D eigenvalue weighted by Crippen LogP contribution is -1.99. The third-order valence-electron chi connectivity index (χ3n) is 3.10. The van der Waals surface area contributed by atoms with Crippen molar-refractivity contribution in [1.29, 1.82) is 0 Å². The lowest BCUT2D eigenvalue weighted by atomic mass is 10.1. The molecule has 0 N–H and O–H groups in total. The first-order valence-electron chi connectivity index (χ1n) is 5.77. The molecule has 86 valence electrons. The second-order valence-corrected chi connectivity index (χ2v) is 4.04. The fraction of sp³-hybridized carbons (Fsp3) is 0.231. The number of pyridine rings is 1. The Bertz CT molecular complexity index is 663. The molecule has 3 heterocycles. The summed E-state index contributed by atoms with van der Waals surface area (Å²) in [5.74, 6) is 0. The summed E-state index contributed by atoms with van der Waals surface area (Å²) in [6.07, 6.45) is 3.73. The molecule has 0 spiro atoms. The lowest BCUT2D eigenvalue weighted by molar-refractivity contribution is 0.640. The van der Waals surface area contributed by atoms with Crippen LogP contribution in [0.25, 0.3) is 16.8 Å². The highest BCUT2D eigenvalue weighted by Gasteiger charge is 2.10. The van der Waals surface area contributed by atoms with E-state index >= 15 is 0 Å². The van der Waals surface area contributed by atoms with E-state index in [2.05, 4.69) is 42.2 Å². The highest BCUT2D eigenvalue weighted by Crippen LogP contribution is 2.23. The Morgan fingerprint density at radius 3 is 2.82 bits per heavy atom. The standard InChI is InChI=1S/C13H14N4/c1-3-16-10(2)12(9-15-16)13-6-4-5-11-7-8-14-17(11)13/h4-9H,3H2,1-2H3. The normalized spacial score (nSPS) is 11.2. The molecule has 0 unspecified atom stereocenters. The van der Waals surface area contributed by atoms with Crippen molar-refractivity contribution >= 4 is 5.52 Å². The minimum Gasteiger partial charge on any atom is -0.269 e. The van der Waals surface area contributed by atoms with Crippen molar-refractivity contribution < 1.29 is 0 Å². The van der Waals surface area contributed by atoms with E-state index in [0.29, 0.717) is 0 Å². The third kappa shape index (κ3) is 1.45. The maximum Gasteiger partial charge on any atom is 0.0759 e. The van der Waals surface area contributed by atoms with E-state index in [1.54, 1.807) is 0 Å². The van der Waals surface area contributed by atoms with Crippen molar-refractivity contribution in [3.63, 3.8) is 0 Å². The summed E-state index contributed by atoms with van der Waals surface area (Å²) in [6.45, 7) is 5.08. The molecule has 0 bridgehead atoms. The molecule has 3 aromatic rings. The van der Waals surface area contributed by atoms with Gasteiger partial charge in [0.2, 0.25) is 0 Å². The molecule has 0 fully saturated rings. The molecule has 0 amide bonds. The Balaban J connectivity index is 2.26. The quantitative estimate of drug-likeness (QED) is 0.673. The number of aryl methyl sites for hydroxylation is 1. The molecular formula is C13H14N4. The van der Waals surface area contributed by atoms with Gasteiger partial charge in [0.25, 0.3) is 0 Å². The molecule has 0 saturated heterocycles. The molecule has 17 heavy (non-hydrogen) atoms. The van der Waals surface area contributed by atoms with E-state index in [1.165, 1.54) is 5.69 Å². The van der Waals surface area contributed by atoms with Crippen LogP contribution in [-0.2, 0) is 6.54 Å². The minimum atomic E-state index is 0.890. The van der Waals surface area contributed by atoms with E-state index < -0.39 is 0 Å². The van der Waals surface area contributed by atoms with Gasteiger partial charge in [0.15, 0.2) is 0 Å². The highest BCUT2D eigenvalue weighted by molar-refractivity contribution is 5.65. The summed E-state index contributed by atoms with van der Waals surface area (Å²) in [5.41, 5.74) is 4.51. The van der Waals surface area contributed by atoms with E-state index in [-0.39, 0.29) is 0 Å². The molecule has 0 atom stereocenters. The summed E-state index contributed by atoms with van der Waals surface area (Å²) < 4.78 is 3.95. The maximum absolute atomic E-state index is 4.38. The molecule has 3 aromatic heterocycles. The lowest BCUT2D eigenvalue weighted by Gasteiger charge is -2.05. The van der Waals surface area contributed by atoms with Crippen molar-refractivity contribution in [2.24, 2.45) is 0 Å². The summed E-state index contributed by atoms with van der Waals surface area (Å²) in [5, 5.41) is 8.73. The first kappa shape index (κ1) is 10.1. The van der Waals surface area contributed by atoms with Crippen molar-refractivity contribution in [2.75, 3.05) is 0 Å². The van der Waals surface area contributed by atoms with Crippen molar-refractivity contribution in [2.45, 2.75) is 20.4 Å². The van der Waals surface area contributed by atoms with Crippen molar-refractivity contribution in [3.8, 4) is 11.3 Å². The van der Waals surface area contributed by atoms with E-state index in [4.69, 9.17) is 0 Å². The van der Waals surface area contributed by atoms with Crippen LogP contribution in [0, 0.1) is 6.92 Å². The van der Waals surface area contributed by atoms with Crippen LogP contribution in [0.15, 0.2) is 36.7 Å². The van der Waals surface area contributed by atoms with Gasteiger partial charge in [0, 0.05) is 17.8 Å². The van der Waals surface area contributed by atoms with Gasteiger partial charge in [-0.1, -0.05) is 6.07 Å². The summed E-state index contributed by atoms with van der Waals surface area (Å²) >= 11 is 0. The minimum absolute atomic E-state index is 0.890. The molecule has 0 saturated carbocycles. The van der Waals surface area contributed by atoms with Gasteiger partial charge < -0.3 is 0 Å². The molecule has 0 aliphatic carbocycles. The van der Waals surface area contributed by atoms with Crippen molar-refractivity contribution in [3.05, 3.63) is 42.4 Å². The number of nitrogens with zero attached hydrogens (tertiary/aromatic N) is 4. The van der Waals surface area contributed by atoms with Gasteiger partial charge in [-0.15, -0.1) is 0 Å². The fourth-order valence-electron chi connectivity index (χ4n) is 2.17. The number of aromatic nitrogens is 4. The Hall–Kier alpha value is -2.10. The van der Waals surface area contributed by atoms with Gasteiger partial charge in [-0.25, -0.2) is 4.52 Å². The second-order valence-electron chi connectivity index (χ2n) is 4.04. The Morgan fingerprint density at radius 2 is 2.06 bits per heavy atom. The van der Waals surface area contributed by atoms with Crippen LogP contribution in [0.4, 0.5) is 0 Å². The summed E-state index contributed by atoms with van der Waals surface area (Å²) in [6, 6.07) is 8.18. The van der Waals surface area contributed by atoms with E-state index in [9.17, 15) is 0 Å². The van der Waals surface area contributed by atoms with Gasteiger partial charge in [-0.05, 0) is 32.0 Å². The van der Waals surface area contributed by atoms with E-state index in [0.717, 1.165) is 23.3 Å². The average molecular weight is 226 g/mol. The average Bonchev–Trinajstić information content (AvgIpc) is 2.94. The van der Waals surface area contributed by atoms with Crippen LogP contribution in [0.2, 0.25) is 0 Å². The number of rotatable bonds is 2. The molecule has 0 aliphatic rings. The van der Waals surface area contributed by atoms with Gasteiger partial charge in [-0.2, -0.15) is 10.2 Å². The SMILES string of the molecule is CCn1ncc(-c2cccc3ccnn23)c1C. The summed E-state index contributed by atoms with van der Waals surface area (Å²) in [4.78, 5) is 0. The third-order valence-corrected chi connectivity index (χ3v) is 3.10. The molecule has 4 nitrogen and oxygen atoms in total. The predicted molar refractivity (Wildman–Crippen MR) is 66.8 cm³/mol. The number of hydrogen-bond donors (Lipinski definition) is 0. The van der Waals surface area contributed by atoms with Crippen LogP contribution >= 0.6 is 0 Å². The highest BCUT2D eigenvalue weighted by atomic mass is 15.3. The van der Waals surface area contributed by atoms with Crippen LogP contribution < -0.4 is 0 Å². The fourth-order valence-corrected chi connectivity index (χ4v) is 2.17. The molecule has 0 aromatic carbocycles. The molecular weight excluding hydrogens is 212 g/mol.